The Balaban J connectivity index is 1.29. The third-order valence-electron chi connectivity index (χ3n) is 9.26. The highest BCUT2D eigenvalue weighted by atomic mass is 32.1. The minimum absolute atomic E-state index is 0.0441. The highest BCUT2D eigenvalue weighted by molar-refractivity contribution is 7.13. The predicted octanol–water partition coefficient (Wildman–Crippen LogP) is 4.92. The molecule has 0 aliphatic carbocycles. The van der Waals surface area contributed by atoms with E-state index in [0.29, 0.717) is 44.2 Å². The Morgan fingerprint density at radius 3 is 2.33 bits per heavy atom. The van der Waals surface area contributed by atoms with Crippen molar-refractivity contribution in [2.75, 3.05) is 39.3 Å². The maximum atomic E-state index is 14.6. The minimum Gasteiger partial charge on any atom is -0.444 e. The first-order chi connectivity index (χ1) is 23.0. The van der Waals surface area contributed by atoms with Gasteiger partial charge in [-0.1, -0.05) is 43.3 Å². The molecule has 0 bridgehead atoms. The van der Waals surface area contributed by atoms with Crippen LogP contribution in [0.4, 0.5) is 4.79 Å². The van der Waals surface area contributed by atoms with Crippen LogP contribution in [0.25, 0.3) is 10.4 Å². The second kappa shape index (κ2) is 14.6. The maximum Gasteiger partial charge on any atom is 0.410 e. The number of aryl methyl sites for hydroxylation is 2. The molecule has 3 aromatic rings. The Morgan fingerprint density at radius 1 is 1.08 bits per heavy atom. The van der Waals surface area contributed by atoms with Crippen LogP contribution in [-0.2, 0) is 14.3 Å². The van der Waals surface area contributed by atoms with Crippen LogP contribution in [0.5, 0.6) is 0 Å². The zero-order valence-corrected chi connectivity index (χ0v) is 30.7. The molecule has 13 heteroatoms. The number of carbonyl (C=O) groups is 3. The summed E-state index contributed by atoms with van der Waals surface area (Å²) in [5.74, 6) is -0.950. The van der Waals surface area contributed by atoms with Gasteiger partial charge >= 0.3 is 6.09 Å². The number of ether oxygens (including phenoxy) is 1. The van der Waals surface area contributed by atoms with E-state index in [1.54, 1.807) is 29.2 Å². The summed E-state index contributed by atoms with van der Waals surface area (Å²) in [7, 11) is 0. The molecule has 0 spiro atoms. The number of amides is 3. The molecule has 4 atom stereocenters. The number of thiazole rings is 1. The number of hydrogen-bond acceptors (Lipinski definition) is 10. The number of piperazine rings is 1. The smallest absolute Gasteiger partial charge is 0.410 e. The molecule has 49 heavy (non-hydrogen) atoms. The third kappa shape index (κ3) is 8.68. The van der Waals surface area contributed by atoms with E-state index >= 15 is 0 Å². The van der Waals surface area contributed by atoms with Crippen LogP contribution in [0.2, 0.25) is 0 Å². The summed E-state index contributed by atoms with van der Waals surface area (Å²) >= 11 is 1.59. The van der Waals surface area contributed by atoms with Crippen LogP contribution in [-0.4, -0.2) is 105 Å². The summed E-state index contributed by atoms with van der Waals surface area (Å²) in [4.78, 5) is 51.9. The lowest BCUT2D eigenvalue weighted by atomic mass is 9.75. The van der Waals surface area contributed by atoms with Crippen molar-refractivity contribution >= 4 is 29.2 Å². The molecule has 2 aliphatic heterocycles. The molecule has 2 saturated heterocycles. The van der Waals surface area contributed by atoms with Crippen LogP contribution < -0.4 is 5.32 Å². The van der Waals surface area contributed by atoms with E-state index in [0.717, 1.165) is 21.7 Å². The van der Waals surface area contributed by atoms with Gasteiger partial charge in [-0.25, -0.2) is 9.78 Å². The molecular weight excluding hydrogens is 644 g/mol. The molecule has 0 radical (unpaired) electrons. The molecular formula is C36H50N6O6S. The summed E-state index contributed by atoms with van der Waals surface area (Å²) in [6.45, 7) is 18.1. The number of nitrogens with one attached hydrogen (secondary N) is 1. The number of aliphatic hydroxyl groups is 1. The second-order valence-corrected chi connectivity index (χ2v) is 15.9. The molecule has 1 aromatic carbocycles. The first-order valence-corrected chi connectivity index (χ1v) is 17.8. The van der Waals surface area contributed by atoms with Crippen LogP contribution in [0.3, 0.4) is 0 Å². The largest absolute Gasteiger partial charge is 0.444 e. The zero-order valence-electron chi connectivity index (χ0n) is 29.9. The number of β-amino-alcohol motifs (C(OH)–C–C–N with tert-alkyl or cyclic N) is 1. The predicted molar refractivity (Wildman–Crippen MR) is 187 cm³/mol. The molecule has 12 nitrogen and oxygen atoms in total. The normalized spacial score (nSPS) is 20.3. The Kier molecular flexibility index (Phi) is 10.9. The van der Waals surface area contributed by atoms with Crippen molar-refractivity contribution in [3.63, 3.8) is 0 Å². The van der Waals surface area contributed by atoms with Crippen molar-refractivity contribution in [1.82, 2.24) is 30.2 Å². The molecule has 5 rings (SSSR count). The lowest BCUT2D eigenvalue weighted by Crippen LogP contribution is -2.54. The summed E-state index contributed by atoms with van der Waals surface area (Å²) in [5.41, 5.74) is 4.23. The van der Waals surface area contributed by atoms with E-state index in [9.17, 15) is 19.5 Å². The SMILES string of the molecule is Cc1cc([C@H](C(=O)N2C[C@H](O)C[C@H]2C(=O)N[C@@H](C)c2ccc(-c3scnc3C)cc2)C(C)(C)CN2CCN(C(=O)OC(C)(C)C)CC2)on1. The molecule has 2 N–H and O–H groups in total. The lowest BCUT2D eigenvalue weighted by molar-refractivity contribution is -0.143. The second-order valence-electron chi connectivity index (χ2n) is 15.1. The topological polar surface area (TPSA) is 141 Å². The van der Waals surface area contributed by atoms with Gasteiger partial charge in [-0.3, -0.25) is 14.5 Å². The Labute approximate surface area is 292 Å². The molecule has 0 saturated carbocycles. The minimum atomic E-state index is -0.844. The van der Waals surface area contributed by atoms with Gasteiger partial charge in [0, 0.05) is 51.8 Å². The van der Waals surface area contributed by atoms with Gasteiger partial charge in [0.15, 0.2) is 0 Å². The Morgan fingerprint density at radius 2 is 1.76 bits per heavy atom. The average Bonchev–Trinajstić information content (AvgIpc) is 3.76. The van der Waals surface area contributed by atoms with Gasteiger partial charge in [-0.05, 0) is 58.1 Å². The van der Waals surface area contributed by atoms with Crippen molar-refractivity contribution in [2.24, 2.45) is 5.41 Å². The van der Waals surface area contributed by atoms with E-state index in [1.165, 1.54) is 4.90 Å². The first kappa shape index (κ1) is 36.5. The highest BCUT2D eigenvalue weighted by Crippen LogP contribution is 2.40. The molecule has 2 fully saturated rings. The number of hydrogen-bond donors (Lipinski definition) is 2. The number of rotatable bonds is 9. The number of aromatic nitrogens is 2. The monoisotopic (exact) mass is 694 g/mol. The van der Waals surface area contributed by atoms with E-state index < -0.39 is 29.1 Å². The van der Waals surface area contributed by atoms with Gasteiger partial charge in [0.05, 0.1) is 33.9 Å². The lowest BCUT2D eigenvalue weighted by Gasteiger charge is -2.42. The van der Waals surface area contributed by atoms with Gasteiger partial charge in [-0.15, -0.1) is 11.3 Å². The third-order valence-corrected chi connectivity index (χ3v) is 10.2. The van der Waals surface area contributed by atoms with E-state index in [2.05, 4.69) is 20.4 Å². The van der Waals surface area contributed by atoms with E-state index in [4.69, 9.17) is 9.26 Å². The standard InChI is InChI=1S/C36H50N6O6S/c1-22-17-29(48-39-22)30(36(7,8)20-40-13-15-41(16-14-40)34(46)47-35(4,5)6)33(45)42-19-27(43)18-28(42)32(44)38-23(2)25-9-11-26(12-10-25)31-24(3)37-21-49-31/h9-12,17,21,23,27-28,30,43H,13-16,18-20H2,1-8H3,(H,38,44)/t23-,27+,28-,30+/m0/s1. The summed E-state index contributed by atoms with van der Waals surface area (Å²) < 4.78 is 11.3. The zero-order chi connectivity index (χ0) is 35.7. The van der Waals surface area contributed by atoms with Crippen LogP contribution in [0.15, 0.2) is 40.4 Å². The average molecular weight is 695 g/mol. The number of benzene rings is 1. The molecule has 2 aliphatic rings. The maximum absolute atomic E-state index is 14.6. The summed E-state index contributed by atoms with van der Waals surface area (Å²) in [6.07, 6.45) is -1.02. The molecule has 3 amide bonds. The number of aliphatic hydroxyl groups excluding tert-OH is 1. The van der Waals surface area contributed by atoms with Gasteiger partial charge in [0.1, 0.15) is 23.3 Å². The fraction of sp³-hybridized carbons (Fsp3) is 0.583. The van der Waals surface area contributed by atoms with Crippen molar-refractivity contribution in [3.8, 4) is 10.4 Å². The molecule has 0 unspecified atom stereocenters. The van der Waals surface area contributed by atoms with Crippen LogP contribution in [0.1, 0.15) is 82.6 Å². The molecule has 4 heterocycles. The van der Waals surface area contributed by atoms with Gasteiger partial charge < -0.3 is 29.5 Å². The van der Waals surface area contributed by atoms with E-state index in [1.807, 2.05) is 78.2 Å². The molecule has 266 valence electrons. The van der Waals surface area contributed by atoms with Gasteiger partial charge in [0.2, 0.25) is 11.8 Å². The van der Waals surface area contributed by atoms with Crippen LogP contribution in [0, 0.1) is 19.3 Å². The fourth-order valence-electron chi connectivity index (χ4n) is 6.81. The van der Waals surface area contributed by atoms with Crippen molar-refractivity contribution in [3.05, 3.63) is 58.6 Å². The molecule has 2 aromatic heterocycles. The van der Waals surface area contributed by atoms with Gasteiger partial charge in [-0.2, -0.15) is 0 Å². The Bertz CT molecular complexity index is 1620. The Hall–Kier alpha value is -3.81. The van der Waals surface area contributed by atoms with Crippen molar-refractivity contribution in [1.29, 1.82) is 0 Å². The summed E-state index contributed by atoms with van der Waals surface area (Å²) in [5, 5.41) is 17.9. The fourth-order valence-corrected chi connectivity index (χ4v) is 7.62. The van der Waals surface area contributed by atoms with Crippen molar-refractivity contribution < 1.29 is 28.8 Å². The quantitative estimate of drug-likeness (QED) is 0.320. The van der Waals surface area contributed by atoms with Crippen molar-refractivity contribution in [2.45, 2.75) is 91.5 Å². The van der Waals surface area contributed by atoms with E-state index in [-0.39, 0.29) is 36.9 Å². The summed E-state index contributed by atoms with van der Waals surface area (Å²) in [6, 6.07) is 8.64. The number of nitrogens with zero attached hydrogens (tertiary/aromatic N) is 5. The first-order valence-electron chi connectivity index (χ1n) is 16.9. The number of likely N-dealkylation sites (tertiary alicyclic amines) is 1. The van der Waals surface area contributed by atoms with Crippen LogP contribution >= 0.6 is 11.3 Å². The van der Waals surface area contributed by atoms with Gasteiger partial charge in [0.25, 0.3) is 0 Å². The number of carbonyl (C=O) groups excluding carboxylic acids is 3. The highest BCUT2D eigenvalue weighted by Gasteiger charge is 2.48.